The predicted molar refractivity (Wildman–Crippen MR) is 79.7 cm³/mol. The average molecular weight is 359 g/mol. The highest BCUT2D eigenvalue weighted by Gasteiger charge is 2.06. The van der Waals surface area contributed by atoms with Crippen LogP contribution in [-0.4, -0.2) is 12.5 Å². The second kappa shape index (κ2) is 6.72. The van der Waals surface area contributed by atoms with Gasteiger partial charge >= 0.3 is 0 Å². The van der Waals surface area contributed by atoms with E-state index in [0.717, 1.165) is 0 Å². The Bertz CT molecular complexity index is 619. The van der Waals surface area contributed by atoms with Gasteiger partial charge in [-0.05, 0) is 58.4 Å². The van der Waals surface area contributed by atoms with Gasteiger partial charge in [0.05, 0.1) is 4.47 Å². The lowest BCUT2D eigenvalue weighted by atomic mass is 10.3. The number of amides is 1. The van der Waals surface area contributed by atoms with Crippen LogP contribution in [-0.2, 0) is 4.79 Å². The molecule has 1 N–H and O–H groups in total. The fourth-order valence-corrected chi connectivity index (χ4v) is 2.26. The molecule has 0 heterocycles. The Balaban J connectivity index is 1.90. The molecule has 2 aromatic carbocycles. The number of ether oxygens (including phenoxy) is 1. The summed E-state index contributed by atoms with van der Waals surface area (Å²) in [6.45, 7) is -0.155. The van der Waals surface area contributed by atoms with Crippen LogP contribution in [0.1, 0.15) is 0 Å². The molecular formula is C14H10BrClFNO2. The Labute approximate surface area is 128 Å². The molecule has 0 fully saturated rings. The van der Waals surface area contributed by atoms with E-state index in [9.17, 15) is 9.18 Å². The van der Waals surface area contributed by atoms with E-state index in [4.69, 9.17) is 16.3 Å². The van der Waals surface area contributed by atoms with E-state index in [1.165, 1.54) is 24.3 Å². The minimum Gasteiger partial charge on any atom is -0.483 e. The summed E-state index contributed by atoms with van der Waals surface area (Å²) < 4.78 is 18.7. The summed E-state index contributed by atoms with van der Waals surface area (Å²) in [6, 6.07) is 10.5. The lowest BCUT2D eigenvalue weighted by molar-refractivity contribution is -0.118. The van der Waals surface area contributed by atoms with E-state index in [-0.39, 0.29) is 18.3 Å². The van der Waals surface area contributed by atoms with Crippen molar-refractivity contribution in [1.82, 2.24) is 0 Å². The number of benzene rings is 2. The van der Waals surface area contributed by atoms with Crippen LogP contribution < -0.4 is 10.1 Å². The van der Waals surface area contributed by atoms with Gasteiger partial charge in [0.1, 0.15) is 11.6 Å². The average Bonchev–Trinajstić information content (AvgIpc) is 2.40. The second-order valence-corrected chi connectivity index (χ2v) is 5.21. The number of hydrogen-bond acceptors (Lipinski definition) is 2. The van der Waals surface area contributed by atoms with Crippen molar-refractivity contribution in [2.45, 2.75) is 0 Å². The molecule has 0 unspecified atom stereocenters. The zero-order valence-electron chi connectivity index (χ0n) is 10.2. The molecule has 0 atom stereocenters. The molecule has 0 aromatic heterocycles. The molecule has 2 rings (SSSR count). The van der Waals surface area contributed by atoms with E-state index < -0.39 is 0 Å². The molecule has 0 saturated carbocycles. The molecule has 2 aromatic rings. The summed E-state index contributed by atoms with van der Waals surface area (Å²) in [5.74, 6) is -0.175. The summed E-state index contributed by atoms with van der Waals surface area (Å²) in [5, 5.41) is 3.17. The van der Waals surface area contributed by atoms with E-state index in [1.807, 2.05) is 0 Å². The maximum absolute atomic E-state index is 12.7. The van der Waals surface area contributed by atoms with Crippen LogP contribution in [0.15, 0.2) is 46.9 Å². The topological polar surface area (TPSA) is 38.3 Å². The van der Waals surface area contributed by atoms with Crippen molar-refractivity contribution in [3.05, 3.63) is 57.8 Å². The first-order valence-corrected chi connectivity index (χ1v) is 6.85. The third kappa shape index (κ3) is 4.21. The van der Waals surface area contributed by atoms with Crippen molar-refractivity contribution in [1.29, 1.82) is 0 Å². The molecule has 20 heavy (non-hydrogen) atoms. The van der Waals surface area contributed by atoms with Gasteiger partial charge in [0, 0.05) is 10.7 Å². The van der Waals surface area contributed by atoms with Gasteiger partial charge in [-0.3, -0.25) is 4.79 Å². The molecule has 6 heteroatoms. The standard InChI is InChI=1S/C14H10BrClFNO2/c15-12-7-9(16)1-6-13(12)20-8-14(19)18-11-4-2-10(17)3-5-11/h1-7H,8H2,(H,18,19). The molecular weight excluding hydrogens is 349 g/mol. The molecule has 0 aliphatic rings. The minimum absolute atomic E-state index is 0.155. The minimum atomic E-state index is -0.357. The first-order chi connectivity index (χ1) is 9.54. The molecule has 1 amide bonds. The smallest absolute Gasteiger partial charge is 0.262 e. The first-order valence-electron chi connectivity index (χ1n) is 5.68. The molecule has 0 aliphatic heterocycles. The third-order valence-electron chi connectivity index (χ3n) is 2.38. The predicted octanol–water partition coefficient (Wildman–Crippen LogP) is 4.26. The van der Waals surface area contributed by atoms with Gasteiger partial charge in [-0.25, -0.2) is 4.39 Å². The number of carbonyl (C=O) groups excluding carboxylic acids is 1. The normalized spacial score (nSPS) is 10.2. The summed E-state index contributed by atoms with van der Waals surface area (Å²) >= 11 is 9.09. The number of halogens is 3. The van der Waals surface area contributed by atoms with Crippen molar-refractivity contribution < 1.29 is 13.9 Å². The van der Waals surface area contributed by atoms with Crippen molar-refractivity contribution >= 4 is 39.1 Å². The van der Waals surface area contributed by atoms with E-state index in [0.29, 0.717) is 20.9 Å². The lowest BCUT2D eigenvalue weighted by Gasteiger charge is -2.09. The molecule has 0 radical (unpaired) electrons. The summed E-state index contributed by atoms with van der Waals surface area (Å²) in [7, 11) is 0. The van der Waals surface area contributed by atoms with Crippen LogP contribution in [0.3, 0.4) is 0 Å². The molecule has 3 nitrogen and oxygen atoms in total. The Morgan fingerprint density at radius 1 is 1.25 bits per heavy atom. The highest BCUT2D eigenvalue weighted by molar-refractivity contribution is 9.10. The number of anilines is 1. The van der Waals surface area contributed by atoms with E-state index in [2.05, 4.69) is 21.2 Å². The van der Waals surface area contributed by atoms with Gasteiger partial charge in [-0.2, -0.15) is 0 Å². The van der Waals surface area contributed by atoms with Crippen molar-refractivity contribution in [2.24, 2.45) is 0 Å². The largest absolute Gasteiger partial charge is 0.483 e. The molecule has 0 spiro atoms. The Morgan fingerprint density at radius 2 is 1.95 bits per heavy atom. The summed E-state index contributed by atoms with van der Waals surface area (Å²) in [6.07, 6.45) is 0. The van der Waals surface area contributed by atoms with Crippen LogP contribution in [0, 0.1) is 5.82 Å². The lowest BCUT2D eigenvalue weighted by Crippen LogP contribution is -2.20. The highest BCUT2D eigenvalue weighted by atomic mass is 79.9. The molecule has 104 valence electrons. The fourth-order valence-electron chi connectivity index (χ4n) is 1.47. The van der Waals surface area contributed by atoms with E-state index >= 15 is 0 Å². The zero-order valence-corrected chi connectivity index (χ0v) is 12.5. The number of nitrogens with one attached hydrogen (secondary N) is 1. The van der Waals surface area contributed by atoms with Gasteiger partial charge in [0.25, 0.3) is 5.91 Å². The first kappa shape index (κ1) is 14.8. The molecule has 0 saturated heterocycles. The monoisotopic (exact) mass is 357 g/mol. The molecule has 0 bridgehead atoms. The van der Waals surface area contributed by atoms with Crippen LogP contribution in [0.2, 0.25) is 5.02 Å². The number of carbonyl (C=O) groups is 1. The second-order valence-electron chi connectivity index (χ2n) is 3.92. The van der Waals surface area contributed by atoms with Crippen molar-refractivity contribution in [3.63, 3.8) is 0 Å². The van der Waals surface area contributed by atoms with Crippen LogP contribution >= 0.6 is 27.5 Å². The Morgan fingerprint density at radius 3 is 2.60 bits per heavy atom. The third-order valence-corrected chi connectivity index (χ3v) is 3.24. The number of rotatable bonds is 4. The van der Waals surface area contributed by atoms with Crippen LogP contribution in [0.5, 0.6) is 5.75 Å². The van der Waals surface area contributed by atoms with Gasteiger partial charge in [0.2, 0.25) is 0 Å². The summed E-state index contributed by atoms with van der Waals surface area (Å²) in [4.78, 5) is 11.7. The van der Waals surface area contributed by atoms with E-state index in [1.54, 1.807) is 18.2 Å². The Kier molecular flexibility index (Phi) is 4.98. The quantitative estimate of drug-likeness (QED) is 0.887. The SMILES string of the molecule is O=C(COc1ccc(Cl)cc1Br)Nc1ccc(F)cc1. The summed E-state index contributed by atoms with van der Waals surface area (Å²) in [5.41, 5.74) is 0.509. The van der Waals surface area contributed by atoms with Crippen LogP contribution in [0.25, 0.3) is 0 Å². The van der Waals surface area contributed by atoms with Crippen molar-refractivity contribution in [3.8, 4) is 5.75 Å². The van der Waals surface area contributed by atoms with Gasteiger partial charge in [-0.15, -0.1) is 0 Å². The zero-order chi connectivity index (χ0) is 14.5. The fraction of sp³-hybridized carbons (Fsp3) is 0.0714. The van der Waals surface area contributed by atoms with Gasteiger partial charge < -0.3 is 10.1 Å². The Hall–Kier alpha value is -1.59. The van der Waals surface area contributed by atoms with Gasteiger partial charge in [-0.1, -0.05) is 11.6 Å². The highest BCUT2D eigenvalue weighted by Crippen LogP contribution is 2.27. The van der Waals surface area contributed by atoms with Crippen molar-refractivity contribution in [2.75, 3.05) is 11.9 Å². The van der Waals surface area contributed by atoms with Crippen LogP contribution in [0.4, 0.5) is 10.1 Å². The number of hydrogen-bond donors (Lipinski definition) is 1. The van der Waals surface area contributed by atoms with Gasteiger partial charge in [0.15, 0.2) is 6.61 Å². The maximum atomic E-state index is 12.7. The maximum Gasteiger partial charge on any atom is 0.262 e. The molecule has 0 aliphatic carbocycles.